The van der Waals surface area contributed by atoms with Gasteiger partial charge in [-0.3, -0.25) is 0 Å². The number of pyridine rings is 1. The molecule has 3 rings (SSSR count). The molecule has 0 aromatic carbocycles. The number of rotatable bonds is 3. The van der Waals surface area contributed by atoms with Crippen LogP contribution in [-0.2, 0) is 6.42 Å². The molecule has 2 aromatic heterocycles. The minimum atomic E-state index is 0.614. The molecule has 2 aromatic rings. The Morgan fingerprint density at radius 3 is 3.07 bits per heavy atom. The van der Waals surface area contributed by atoms with Crippen molar-refractivity contribution in [3.63, 3.8) is 0 Å². The van der Waals surface area contributed by atoms with Crippen LogP contribution in [0.4, 0.5) is 0 Å². The number of hydrogen-bond acceptors (Lipinski definition) is 2. The van der Waals surface area contributed by atoms with Crippen molar-refractivity contribution in [1.29, 1.82) is 0 Å². The topological polar surface area (TPSA) is 30.7 Å². The van der Waals surface area contributed by atoms with E-state index in [0.717, 1.165) is 23.4 Å². The van der Waals surface area contributed by atoms with Crippen LogP contribution in [-0.4, -0.2) is 20.4 Å². The van der Waals surface area contributed by atoms with E-state index in [0.29, 0.717) is 11.9 Å². The number of fused-ring (bicyclic) bond motifs is 1. The molecule has 2 heterocycles. The second kappa shape index (κ2) is 3.49. The van der Waals surface area contributed by atoms with Crippen LogP contribution in [0.5, 0.6) is 0 Å². The van der Waals surface area contributed by atoms with Gasteiger partial charge in [-0.05, 0) is 25.0 Å². The summed E-state index contributed by atoms with van der Waals surface area (Å²) < 4.78 is 2.26. The Morgan fingerprint density at radius 2 is 2.33 bits per heavy atom. The number of imidazole rings is 1. The van der Waals surface area contributed by atoms with Gasteiger partial charge in [0, 0.05) is 24.5 Å². The van der Waals surface area contributed by atoms with Crippen molar-refractivity contribution in [3.05, 3.63) is 24.2 Å². The Kier molecular flexibility index (Phi) is 2.13. The first-order chi connectivity index (χ1) is 7.40. The zero-order chi connectivity index (χ0) is 10.3. The normalized spacial score (nSPS) is 16.1. The molecule has 4 heteroatoms. The number of halogens is 1. The lowest BCUT2D eigenvalue weighted by molar-refractivity contribution is 0.703. The molecule has 3 nitrogen and oxygen atoms in total. The number of hydrogen-bond donors (Lipinski definition) is 0. The van der Waals surface area contributed by atoms with Gasteiger partial charge in [-0.15, -0.1) is 11.6 Å². The molecule has 0 N–H and O–H groups in total. The third-order valence-electron chi connectivity index (χ3n) is 2.75. The Balaban J connectivity index is 2.19. The molecule has 0 bridgehead atoms. The smallest absolute Gasteiger partial charge is 0.160 e. The van der Waals surface area contributed by atoms with E-state index in [9.17, 15) is 0 Å². The maximum Gasteiger partial charge on any atom is 0.160 e. The summed E-state index contributed by atoms with van der Waals surface area (Å²) in [6, 6.07) is 4.55. The highest BCUT2D eigenvalue weighted by Crippen LogP contribution is 2.38. The van der Waals surface area contributed by atoms with Crippen molar-refractivity contribution < 1.29 is 0 Å². The van der Waals surface area contributed by atoms with Gasteiger partial charge in [0.25, 0.3) is 0 Å². The summed E-state index contributed by atoms with van der Waals surface area (Å²) in [5.74, 6) is 1.71. The van der Waals surface area contributed by atoms with Crippen LogP contribution < -0.4 is 0 Å². The third kappa shape index (κ3) is 1.51. The molecule has 1 aliphatic rings. The van der Waals surface area contributed by atoms with Crippen molar-refractivity contribution in [2.24, 2.45) is 0 Å². The van der Waals surface area contributed by atoms with Crippen molar-refractivity contribution in [2.75, 3.05) is 5.88 Å². The summed E-state index contributed by atoms with van der Waals surface area (Å²) >= 11 is 5.79. The first-order valence-electron chi connectivity index (χ1n) is 5.28. The van der Waals surface area contributed by atoms with Gasteiger partial charge in [-0.25, -0.2) is 9.97 Å². The van der Waals surface area contributed by atoms with Crippen molar-refractivity contribution in [1.82, 2.24) is 14.5 Å². The van der Waals surface area contributed by atoms with Crippen LogP contribution in [0.3, 0.4) is 0 Å². The molecule has 0 spiro atoms. The highest BCUT2D eigenvalue weighted by molar-refractivity contribution is 6.17. The molecular weight excluding hydrogens is 210 g/mol. The summed E-state index contributed by atoms with van der Waals surface area (Å²) in [4.78, 5) is 8.98. The van der Waals surface area contributed by atoms with E-state index in [2.05, 4.69) is 14.5 Å². The second-order valence-corrected chi connectivity index (χ2v) is 4.29. The van der Waals surface area contributed by atoms with Crippen molar-refractivity contribution in [2.45, 2.75) is 25.3 Å². The van der Waals surface area contributed by atoms with Gasteiger partial charge in [0.15, 0.2) is 5.65 Å². The van der Waals surface area contributed by atoms with Crippen LogP contribution in [0.1, 0.15) is 24.7 Å². The van der Waals surface area contributed by atoms with Gasteiger partial charge in [-0.1, -0.05) is 0 Å². The van der Waals surface area contributed by atoms with E-state index < -0.39 is 0 Å². The highest BCUT2D eigenvalue weighted by atomic mass is 35.5. The molecular formula is C11H12ClN3. The molecule has 1 fully saturated rings. The lowest BCUT2D eigenvalue weighted by Crippen LogP contribution is -2.02. The van der Waals surface area contributed by atoms with Crippen LogP contribution in [0.25, 0.3) is 11.2 Å². The van der Waals surface area contributed by atoms with Crippen molar-refractivity contribution in [3.8, 4) is 0 Å². The third-order valence-corrected chi connectivity index (χ3v) is 2.94. The number of alkyl halides is 1. The number of nitrogens with zero attached hydrogens (tertiary/aromatic N) is 3. The molecule has 0 saturated heterocycles. The first-order valence-corrected chi connectivity index (χ1v) is 5.81. The van der Waals surface area contributed by atoms with E-state index >= 15 is 0 Å². The summed E-state index contributed by atoms with van der Waals surface area (Å²) in [6.45, 7) is 0. The fraction of sp³-hybridized carbons (Fsp3) is 0.455. The molecule has 0 radical (unpaired) electrons. The summed E-state index contributed by atoms with van der Waals surface area (Å²) in [7, 11) is 0. The Bertz CT molecular complexity index is 488. The summed E-state index contributed by atoms with van der Waals surface area (Å²) in [6.07, 6.45) is 5.15. The number of aryl methyl sites for hydroxylation is 1. The van der Waals surface area contributed by atoms with Crippen molar-refractivity contribution >= 4 is 22.8 Å². The average molecular weight is 222 g/mol. The maximum atomic E-state index is 5.79. The van der Waals surface area contributed by atoms with Crippen LogP contribution in [0, 0.1) is 0 Å². The zero-order valence-corrected chi connectivity index (χ0v) is 9.11. The van der Waals surface area contributed by atoms with E-state index in [1.165, 1.54) is 12.8 Å². The summed E-state index contributed by atoms with van der Waals surface area (Å²) in [5.41, 5.74) is 2.00. The molecule has 0 amide bonds. The molecule has 0 atom stereocenters. The molecule has 1 aliphatic carbocycles. The van der Waals surface area contributed by atoms with Gasteiger partial charge in [-0.2, -0.15) is 0 Å². The molecule has 0 unspecified atom stereocenters. The van der Waals surface area contributed by atoms with E-state index in [1.54, 1.807) is 0 Å². The fourth-order valence-corrected chi connectivity index (χ4v) is 2.12. The molecule has 1 saturated carbocycles. The van der Waals surface area contributed by atoms with E-state index in [4.69, 9.17) is 11.6 Å². The Labute approximate surface area is 93.1 Å². The highest BCUT2D eigenvalue weighted by Gasteiger charge is 2.28. The predicted molar refractivity (Wildman–Crippen MR) is 60.2 cm³/mol. The predicted octanol–water partition coefficient (Wildman–Crippen LogP) is 2.55. The standard InChI is InChI=1S/C11H12ClN3/c12-6-5-10-14-9-2-1-7-13-11(9)15(10)8-3-4-8/h1-2,7-8H,3-6H2. The van der Waals surface area contributed by atoms with Crippen LogP contribution in [0.15, 0.2) is 18.3 Å². The molecule has 15 heavy (non-hydrogen) atoms. The lowest BCUT2D eigenvalue weighted by Gasteiger charge is -2.04. The van der Waals surface area contributed by atoms with Gasteiger partial charge in [0.2, 0.25) is 0 Å². The lowest BCUT2D eigenvalue weighted by atomic mass is 10.4. The Morgan fingerprint density at radius 1 is 1.47 bits per heavy atom. The summed E-state index contributed by atoms with van der Waals surface area (Å²) in [5, 5.41) is 0. The molecule has 0 aliphatic heterocycles. The molecule has 78 valence electrons. The zero-order valence-electron chi connectivity index (χ0n) is 8.36. The largest absolute Gasteiger partial charge is 0.310 e. The fourth-order valence-electron chi connectivity index (χ4n) is 1.95. The van der Waals surface area contributed by atoms with E-state index in [-0.39, 0.29) is 0 Å². The maximum absolute atomic E-state index is 5.79. The second-order valence-electron chi connectivity index (χ2n) is 3.91. The monoisotopic (exact) mass is 221 g/mol. The minimum absolute atomic E-state index is 0.614. The first kappa shape index (κ1) is 9.16. The average Bonchev–Trinajstić information content (AvgIpc) is 3.01. The number of aromatic nitrogens is 3. The van der Waals surface area contributed by atoms with Gasteiger partial charge >= 0.3 is 0 Å². The SMILES string of the molecule is ClCCc1nc2cccnc2n1C1CC1. The van der Waals surface area contributed by atoms with Gasteiger partial charge in [0.05, 0.1) is 0 Å². The minimum Gasteiger partial charge on any atom is -0.310 e. The van der Waals surface area contributed by atoms with E-state index in [1.807, 2.05) is 18.3 Å². The van der Waals surface area contributed by atoms with Gasteiger partial charge in [0.1, 0.15) is 11.3 Å². The van der Waals surface area contributed by atoms with Gasteiger partial charge < -0.3 is 4.57 Å². The van der Waals surface area contributed by atoms with Crippen LogP contribution in [0.2, 0.25) is 0 Å². The Hall–Kier alpha value is -1.09. The van der Waals surface area contributed by atoms with Crippen LogP contribution >= 0.6 is 11.6 Å². The quantitative estimate of drug-likeness (QED) is 0.746.